The quantitative estimate of drug-likeness (QED) is 0.767. The van der Waals surface area contributed by atoms with Crippen molar-refractivity contribution in [3.8, 4) is 5.75 Å². The van der Waals surface area contributed by atoms with Crippen molar-refractivity contribution in [2.45, 2.75) is 24.8 Å². The highest BCUT2D eigenvalue weighted by molar-refractivity contribution is 5.40. The van der Waals surface area contributed by atoms with Crippen LogP contribution in [0.4, 0.5) is 0 Å². The molecule has 0 saturated heterocycles. The molecule has 0 radical (unpaired) electrons. The molecule has 2 rings (SSSR count). The van der Waals surface area contributed by atoms with Crippen LogP contribution in [0.1, 0.15) is 24.3 Å². The second-order valence-corrected chi connectivity index (χ2v) is 4.49. The Bertz CT molecular complexity index is 354. The first-order chi connectivity index (χ1) is 8.36. The highest BCUT2D eigenvalue weighted by Gasteiger charge is 2.29. The fourth-order valence-electron chi connectivity index (χ4n) is 2.51. The number of hydrogen-bond acceptors (Lipinski definition) is 3. The Balaban J connectivity index is 2.01. The van der Waals surface area contributed by atoms with Gasteiger partial charge in [0.15, 0.2) is 0 Å². The molecular weight excluding hydrogens is 214 g/mol. The number of ether oxygens (including phenoxy) is 2. The number of likely N-dealkylation sites (N-methyl/N-ethyl adjacent to an activating group) is 1. The molecule has 1 aliphatic heterocycles. The molecule has 0 bridgehead atoms. The number of hydrogen-bond donors (Lipinski definition) is 1. The minimum atomic E-state index is 0.466. The zero-order chi connectivity index (χ0) is 12.1. The summed E-state index contributed by atoms with van der Waals surface area (Å²) in [7, 11) is 3.78. The maximum Gasteiger partial charge on any atom is 0.122 e. The van der Waals surface area contributed by atoms with E-state index in [0.29, 0.717) is 12.0 Å². The van der Waals surface area contributed by atoms with E-state index in [-0.39, 0.29) is 0 Å². The lowest BCUT2D eigenvalue weighted by Gasteiger charge is -2.22. The molecule has 1 aliphatic rings. The van der Waals surface area contributed by atoms with Gasteiger partial charge in [-0.2, -0.15) is 0 Å². The van der Waals surface area contributed by atoms with E-state index in [4.69, 9.17) is 9.47 Å². The van der Waals surface area contributed by atoms with Gasteiger partial charge in [0.25, 0.3) is 0 Å². The maximum atomic E-state index is 5.73. The third-order valence-electron chi connectivity index (χ3n) is 3.46. The van der Waals surface area contributed by atoms with Crippen LogP contribution in [0.15, 0.2) is 24.3 Å². The van der Waals surface area contributed by atoms with Crippen LogP contribution in [0.25, 0.3) is 0 Å². The monoisotopic (exact) mass is 235 g/mol. The molecule has 3 nitrogen and oxygen atoms in total. The van der Waals surface area contributed by atoms with Crippen molar-refractivity contribution < 1.29 is 9.47 Å². The van der Waals surface area contributed by atoms with E-state index in [1.807, 2.05) is 13.1 Å². The van der Waals surface area contributed by atoms with Gasteiger partial charge in [-0.3, -0.25) is 0 Å². The van der Waals surface area contributed by atoms with Crippen LogP contribution in [0.3, 0.4) is 0 Å². The van der Waals surface area contributed by atoms with Crippen molar-refractivity contribution in [2.75, 3.05) is 27.4 Å². The molecule has 17 heavy (non-hydrogen) atoms. The van der Waals surface area contributed by atoms with Crippen LogP contribution in [-0.4, -0.2) is 33.4 Å². The molecule has 1 N–H and O–H groups in total. The fourth-order valence-corrected chi connectivity index (χ4v) is 2.51. The van der Waals surface area contributed by atoms with Crippen LogP contribution in [0, 0.1) is 0 Å². The van der Waals surface area contributed by atoms with E-state index < -0.39 is 0 Å². The van der Waals surface area contributed by atoms with E-state index >= 15 is 0 Å². The van der Waals surface area contributed by atoms with E-state index in [0.717, 1.165) is 31.8 Å². The first-order valence-electron chi connectivity index (χ1n) is 6.24. The Morgan fingerprint density at radius 2 is 2.29 bits per heavy atom. The number of rotatable bonds is 6. The van der Waals surface area contributed by atoms with Gasteiger partial charge in [-0.15, -0.1) is 0 Å². The summed E-state index contributed by atoms with van der Waals surface area (Å²) in [6.07, 6.45) is 2.20. The Kier molecular flexibility index (Phi) is 4.40. The molecule has 0 aromatic heterocycles. The second-order valence-electron chi connectivity index (χ2n) is 4.49. The van der Waals surface area contributed by atoms with E-state index in [1.54, 1.807) is 7.11 Å². The van der Waals surface area contributed by atoms with Gasteiger partial charge in [-0.05, 0) is 26.0 Å². The van der Waals surface area contributed by atoms with Gasteiger partial charge in [0, 0.05) is 31.2 Å². The van der Waals surface area contributed by atoms with Crippen LogP contribution in [0.2, 0.25) is 0 Å². The van der Waals surface area contributed by atoms with Crippen LogP contribution in [0.5, 0.6) is 5.75 Å². The SMILES string of the molecule is CNC(CCCOC)C1COc2ccccc21. The standard InChI is InChI=1S/C14H21NO2/c1-15-13(7-5-9-16-2)12-10-17-14-8-4-3-6-11(12)14/h3-4,6,8,12-13,15H,5,7,9-10H2,1-2H3. The summed E-state index contributed by atoms with van der Waals surface area (Å²) in [5.74, 6) is 1.51. The van der Waals surface area contributed by atoms with Crippen molar-refractivity contribution in [1.29, 1.82) is 0 Å². The number of fused-ring (bicyclic) bond motifs is 1. The van der Waals surface area contributed by atoms with Gasteiger partial charge in [-0.25, -0.2) is 0 Å². The normalized spacial score (nSPS) is 19.8. The Morgan fingerprint density at radius 3 is 3.06 bits per heavy atom. The van der Waals surface area contributed by atoms with Crippen molar-refractivity contribution in [3.05, 3.63) is 29.8 Å². The van der Waals surface area contributed by atoms with Crippen molar-refractivity contribution >= 4 is 0 Å². The Labute approximate surface area is 103 Å². The maximum absolute atomic E-state index is 5.73. The summed E-state index contributed by atoms with van der Waals surface area (Å²) < 4.78 is 10.8. The first kappa shape index (κ1) is 12.4. The number of methoxy groups -OCH3 is 1. The predicted octanol–water partition coefficient (Wildman–Crippen LogP) is 2.18. The fraction of sp³-hybridized carbons (Fsp3) is 0.571. The molecule has 0 fully saturated rings. The highest BCUT2D eigenvalue weighted by atomic mass is 16.5. The minimum Gasteiger partial charge on any atom is -0.493 e. The minimum absolute atomic E-state index is 0.466. The van der Waals surface area contributed by atoms with Gasteiger partial charge < -0.3 is 14.8 Å². The summed E-state index contributed by atoms with van der Waals surface area (Å²) in [6, 6.07) is 8.81. The Hall–Kier alpha value is -1.06. The van der Waals surface area contributed by atoms with Crippen molar-refractivity contribution in [1.82, 2.24) is 5.32 Å². The van der Waals surface area contributed by atoms with Gasteiger partial charge >= 0.3 is 0 Å². The molecule has 0 amide bonds. The summed E-state index contributed by atoms with van der Waals surface area (Å²) in [5.41, 5.74) is 1.34. The topological polar surface area (TPSA) is 30.5 Å². The molecule has 1 aromatic rings. The van der Waals surface area contributed by atoms with Gasteiger partial charge in [0.2, 0.25) is 0 Å². The number of nitrogens with one attached hydrogen (secondary N) is 1. The third kappa shape index (κ3) is 2.79. The average Bonchev–Trinajstić information content (AvgIpc) is 2.79. The molecule has 2 unspecified atom stereocenters. The molecule has 94 valence electrons. The first-order valence-corrected chi connectivity index (χ1v) is 6.24. The zero-order valence-corrected chi connectivity index (χ0v) is 10.6. The van der Waals surface area contributed by atoms with E-state index in [9.17, 15) is 0 Å². The lowest BCUT2D eigenvalue weighted by atomic mass is 9.90. The lowest BCUT2D eigenvalue weighted by Crippen LogP contribution is -2.33. The average molecular weight is 235 g/mol. The van der Waals surface area contributed by atoms with Gasteiger partial charge in [-0.1, -0.05) is 18.2 Å². The summed E-state index contributed by atoms with van der Waals surface area (Å²) in [6.45, 7) is 1.62. The van der Waals surface area contributed by atoms with E-state index in [2.05, 4.69) is 23.5 Å². The van der Waals surface area contributed by atoms with Gasteiger partial charge in [0.05, 0.1) is 6.61 Å². The number of para-hydroxylation sites is 1. The molecule has 0 spiro atoms. The summed E-state index contributed by atoms with van der Waals surface area (Å²) in [5, 5.41) is 3.41. The third-order valence-corrected chi connectivity index (χ3v) is 3.46. The Morgan fingerprint density at radius 1 is 1.47 bits per heavy atom. The molecule has 2 atom stereocenters. The molecular formula is C14H21NO2. The molecule has 0 aliphatic carbocycles. The molecule has 1 aromatic carbocycles. The molecule has 1 heterocycles. The smallest absolute Gasteiger partial charge is 0.122 e. The summed E-state index contributed by atoms with van der Waals surface area (Å²) >= 11 is 0. The van der Waals surface area contributed by atoms with Crippen LogP contribution >= 0.6 is 0 Å². The number of benzene rings is 1. The lowest BCUT2D eigenvalue weighted by molar-refractivity contribution is 0.185. The van der Waals surface area contributed by atoms with E-state index in [1.165, 1.54) is 5.56 Å². The zero-order valence-electron chi connectivity index (χ0n) is 10.6. The highest BCUT2D eigenvalue weighted by Crippen LogP contribution is 2.36. The molecule has 0 saturated carbocycles. The largest absolute Gasteiger partial charge is 0.493 e. The van der Waals surface area contributed by atoms with Crippen LogP contribution < -0.4 is 10.1 Å². The predicted molar refractivity (Wildman–Crippen MR) is 68.6 cm³/mol. The van der Waals surface area contributed by atoms with Gasteiger partial charge in [0.1, 0.15) is 5.75 Å². The van der Waals surface area contributed by atoms with Crippen LogP contribution in [-0.2, 0) is 4.74 Å². The van der Waals surface area contributed by atoms with Crippen molar-refractivity contribution in [2.24, 2.45) is 0 Å². The molecule has 3 heteroatoms. The van der Waals surface area contributed by atoms with Crippen molar-refractivity contribution in [3.63, 3.8) is 0 Å². The second kappa shape index (κ2) is 6.03. The summed E-state index contributed by atoms with van der Waals surface area (Å²) in [4.78, 5) is 0.